The Kier molecular flexibility index (Phi) is 2.27. The van der Waals surface area contributed by atoms with Gasteiger partial charge in [-0.1, -0.05) is 6.42 Å². The first kappa shape index (κ1) is 9.59. The van der Waals surface area contributed by atoms with E-state index in [9.17, 15) is 5.11 Å². The second-order valence-corrected chi connectivity index (χ2v) is 4.27. The molecule has 3 nitrogen and oxygen atoms in total. The van der Waals surface area contributed by atoms with Gasteiger partial charge in [0.05, 0.1) is 12.0 Å². The lowest BCUT2D eigenvalue weighted by atomic mass is 9.68. The fraction of sp³-hybridized carbons (Fsp3) is 0.636. The van der Waals surface area contributed by atoms with Gasteiger partial charge in [-0.3, -0.25) is 0 Å². The van der Waals surface area contributed by atoms with Gasteiger partial charge in [0.15, 0.2) is 0 Å². The molecule has 1 fully saturated rings. The van der Waals surface area contributed by atoms with E-state index in [0.717, 1.165) is 30.1 Å². The Hall–Kier alpha value is -0.960. The number of aryl methyl sites for hydroxylation is 2. The van der Waals surface area contributed by atoms with Crippen LogP contribution in [0.3, 0.4) is 0 Å². The number of aliphatic hydroxyl groups is 1. The first-order valence-corrected chi connectivity index (χ1v) is 5.10. The highest BCUT2D eigenvalue weighted by Crippen LogP contribution is 2.41. The van der Waals surface area contributed by atoms with Gasteiger partial charge in [0.1, 0.15) is 5.82 Å². The SMILES string of the molecule is Cc1cc(C)nc(C2(CO)CCC2)n1. The zero-order valence-electron chi connectivity index (χ0n) is 8.75. The zero-order valence-corrected chi connectivity index (χ0v) is 8.75. The lowest BCUT2D eigenvalue weighted by Gasteiger charge is -2.38. The van der Waals surface area contributed by atoms with Crippen LogP contribution in [0, 0.1) is 13.8 Å². The maximum absolute atomic E-state index is 9.39. The number of rotatable bonds is 2. The van der Waals surface area contributed by atoms with Gasteiger partial charge < -0.3 is 5.11 Å². The first-order valence-electron chi connectivity index (χ1n) is 5.10. The van der Waals surface area contributed by atoms with Crippen LogP contribution in [0.2, 0.25) is 0 Å². The topological polar surface area (TPSA) is 46.0 Å². The number of aliphatic hydroxyl groups excluding tert-OH is 1. The lowest BCUT2D eigenvalue weighted by molar-refractivity contribution is 0.112. The van der Waals surface area contributed by atoms with Crippen LogP contribution >= 0.6 is 0 Å². The maximum Gasteiger partial charge on any atom is 0.137 e. The quantitative estimate of drug-likeness (QED) is 0.772. The molecule has 76 valence electrons. The van der Waals surface area contributed by atoms with Gasteiger partial charge in [-0.15, -0.1) is 0 Å². The Morgan fingerprint density at radius 2 is 1.86 bits per heavy atom. The minimum absolute atomic E-state index is 0.128. The first-order chi connectivity index (χ1) is 6.66. The molecule has 1 aromatic heterocycles. The third-order valence-corrected chi connectivity index (χ3v) is 3.07. The molecule has 1 heterocycles. The third-order valence-electron chi connectivity index (χ3n) is 3.07. The van der Waals surface area contributed by atoms with Crippen LogP contribution in [0.15, 0.2) is 6.07 Å². The number of nitrogens with zero attached hydrogens (tertiary/aromatic N) is 2. The van der Waals surface area contributed by atoms with E-state index >= 15 is 0 Å². The minimum atomic E-state index is -0.128. The Labute approximate surface area is 84.2 Å². The molecule has 0 amide bonds. The summed E-state index contributed by atoms with van der Waals surface area (Å²) >= 11 is 0. The van der Waals surface area contributed by atoms with Gasteiger partial charge in [-0.05, 0) is 32.8 Å². The Bertz CT molecular complexity index is 319. The number of aromatic nitrogens is 2. The summed E-state index contributed by atoms with van der Waals surface area (Å²) in [5.41, 5.74) is 1.86. The second kappa shape index (κ2) is 3.31. The van der Waals surface area contributed by atoms with Crippen molar-refractivity contribution in [1.29, 1.82) is 0 Å². The summed E-state index contributed by atoms with van der Waals surface area (Å²) in [6, 6.07) is 1.97. The zero-order chi connectivity index (χ0) is 10.2. The average Bonchev–Trinajstić information content (AvgIpc) is 2.01. The summed E-state index contributed by atoms with van der Waals surface area (Å²) < 4.78 is 0. The molecule has 3 heteroatoms. The van der Waals surface area contributed by atoms with Crippen molar-refractivity contribution >= 4 is 0 Å². The second-order valence-electron chi connectivity index (χ2n) is 4.27. The monoisotopic (exact) mass is 192 g/mol. The molecular weight excluding hydrogens is 176 g/mol. The predicted molar refractivity (Wildman–Crippen MR) is 54.1 cm³/mol. The number of hydrogen-bond donors (Lipinski definition) is 1. The van der Waals surface area contributed by atoms with Gasteiger partial charge in [-0.2, -0.15) is 0 Å². The molecule has 2 rings (SSSR count). The largest absolute Gasteiger partial charge is 0.395 e. The summed E-state index contributed by atoms with van der Waals surface area (Å²) in [5, 5.41) is 9.39. The molecule has 0 saturated heterocycles. The predicted octanol–water partition coefficient (Wildman–Crippen LogP) is 1.51. The van der Waals surface area contributed by atoms with Crippen molar-refractivity contribution < 1.29 is 5.11 Å². The fourth-order valence-corrected chi connectivity index (χ4v) is 2.02. The van der Waals surface area contributed by atoms with E-state index in [1.54, 1.807) is 0 Å². The molecule has 0 bridgehead atoms. The van der Waals surface area contributed by atoms with Crippen LogP contribution in [0.5, 0.6) is 0 Å². The summed E-state index contributed by atoms with van der Waals surface area (Å²) in [4.78, 5) is 8.86. The van der Waals surface area contributed by atoms with Crippen molar-refractivity contribution in [3.8, 4) is 0 Å². The average molecular weight is 192 g/mol. The van der Waals surface area contributed by atoms with E-state index in [2.05, 4.69) is 9.97 Å². The molecule has 0 spiro atoms. The molecule has 1 aliphatic rings. The van der Waals surface area contributed by atoms with E-state index in [4.69, 9.17) is 0 Å². The standard InChI is InChI=1S/C11H16N2O/c1-8-6-9(2)13-10(12-8)11(7-14)4-3-5-11/h6,14H,3-5,7H2,1-2H3. The Morgan fingerprint density at radius 3 is 2.21 bits per heavy atom. The van der Waals surface area contributed by atoms with Gasteiger partial charge in [0.2, 0.25) is 0 Å². The van der Waals surface area contributed by atoms with Gasteiger partial charge in [-0.25, -0.2) is 9.97 Å². The normalized spacial score (nSPS) is 19.1. The molecule has 1 aliphatic carbocycles. The Balaban J connectivity index is 2.39. The smallest absolute Gasteiger partial charge is 0.137 e. The highest BCUT2D eigenvalue weighted by molar-refractivity contribution is 5.18. The molecular formula is C11H16N2O. The van der Waals surface area contributed by atoms with Crippen molar-refractivity contribution in [3.05, 3.63) is 23.3 Å². The van der Waals surface area contributed by atoms with E-state index in [0.29, 0.717) is 0 Å². The third kappa shape index (κ3) is 1.42. The molecule has 1 aromatic rings. The van der Waals surface area contributed by atoms with E-state index in [-0.39, 0.29) is 12.0 Å². The van der Waals surface area contributed by atoms with Crippen molar-refractivity contribution in [2.45, 2.75) is 38.5 Å². The molecule has 1 saturated carbocycles. The highest BCUT2D eigenvalue weighted by atomic mass is 16.3. The molecule has 0 radical (unpaired) electrons. The minimum Gasteiger partial charge on any atom is -0.395 e. The summed E-state index contributed by atoms with van der Waals surface area (Å²) in [6.07, 6.45) is 3.22. The molecule has 0 atom stereocenters. The van der Waals surface area contributed by atoms with Crippen LogP contribution in [-0.4, -0.2) is 21.7 Å². The van der Waals surface area contributed by atoms with E-state index in [1.807, 2.05) is 19.9 Å². The lowest BCUT2D eigenvalue weighted by Crippen LogP contribution is -2.40. The van der Waals surface area contributed by atoms with Crippen molar-refractivity contribution in [3.63, 3.8) is 0 Å². The maximum atomic E-state index is 9.39. The fourth-order valence-electron chi connectivity index (χ4n) is 2.02. The summed E-state index contributed by atoms with van der Waals surface area (Å²) in [7, 11) is 0. The summed E-state index contributed by atoms with van der Waals surface area (Å²) in [5.74, 6) is 0.837. The van der Waals surface area contributed by atoms with Crippen LogP contribution in [0.4, 0.5) is 0 Å². The van der Waals surface area contributed by atoms with Crippen LogP contribution < -0.4 is 0 Å². The molecule has 1 N–H and O–H groups in total. The van der Waals surface area contributed by atoms with Crippen LogP contribution in [-0.2, 0) is 5.41 Å². The number of hydrogen-bond acceptors (Lipinski definition) is 3. The van der Waals surface area contributed by atoms with Gasteiger partial charge in [0, 0.05) is 11.4 Å². The van der Waals surface area contributed by atoms with Crippen molar-refractivity contribution in [2.24, 2.45) is 0 Å². The van der Waals surface area contributed by atoms with E-state index < -0.39 is 0 Å². The molecule has 0 aromatic carbocycles. The van der Waals surface area contributed by atoms with E-state index in [1.165, 1.54) is 6.42 Å². The van der Waals surface area contributed by atoms with Crippen molar-refractivity contribution in [2.75, 3.05) is 6.61 Å². The van der Waals surface area contributed by atoms with Gasteiger partial charge in [0.25, 0.3) is 0 Å². The van der Waals surface area contributed by atoms with Crippen LogP contribution in [0.1, 0.15) is 36.5 Å². The molecule has 0 aliphatic heterocycles. The molecule has 14 heavy (non-hydrogen) atoms. The van der Waals surface area contributed by atoms with Gasteiger partial charge >= 0.3 is 0 Å². The highest BCUT2D eigenvalue weighted by Gasteiger charge is 2.40. The summed E-state index contributed by atoms with van der Waals surface area (Å²) in [6.45, 7) is 4.12. The molecule has 0 unspecified atom stereocenters. The van der Waals surface area contributed by atoms with Crippen LogP contribution in [0.25, 0.3) is 0 Å². The Morgan fingerprint density at radius 1 is 1.29 bits per heavy atom. The van der Waals surface area contributed by atoms with Crippen molar-refractivity contribution in [1.82, 2.24) is 9.97 Å².